The van der Waals surface area contributed by atoms with Crippen LogP contribution in [0.2, 0.25) is 0 Å². The van der Waals surface area contributed by atoms with Gasteiger partial charge in [0.1, 0.15) is 0 Å². The van der Waals surface area contributed by atoms with Gasteiger partial charge in [-0.2, -0.15) is 0 Å². The normalized spacial score (nSPS) is 21.4. The summed E-state index contributed by atoms with van der Waals surface area (Å²) in [5, 5.41) is 2.58. The lowest BCUT2D eigenvalue weighted by atomic mass is 9.63. The molecule has 0 aromatic heterocycles. The van der Waals surface area contributed by atoms with Crippen molar-refractivity contribution in [3.8, 4) is 11.1 Å². The van der Waals surface area contributed by atoms with E-state index in [1.54, 1.807) is 0 Å². The molecule has 5 aromatic carbocycles. The van der Waals surface area contributed by atoms with Crippen molar-refractivity contribution < 1.29 is 0 Å². The second-order valence-corrected chi connectivity index (χ2v) is 11.4. The summed E-state index contributed by atoms with van der Waals surface area (Å²) in [6.07, 6.45) is 18.5. The lowest BCUT2D eigenvalue weighted by Crippen LogP contribution is -2.32. The Bertz CT molecular complexity index is 1890. The highest BCUT2D eigenvalue weighted by molar-refractivity contribution is 5.90. The number of benzene rings is 5. The molecule has 1 unspecified atom stereocenters. The number of rotatable bonds is 3. The van der Waals surface area contributed by atoms with Gasteiger partial charge in [-0.1, -0.05) is 164 Å². The van der Waals surface area contributed by atoms with Crippen LogP contribution in [0.15, 0.2) is 169 Å². The molecule has 0 fully saturated rings. The Labute approximate surface area is 249 Å². The average Bonchev–Trinajstić information content (AvgIpc) is 3.08. The van der Waals surface area contributed by atoms with E-state index >= 15 is 0 Å². The van der Waals surface area contributed by atoms with Gasteiger partial charge in [0, 0.05) is 5.41 Å². The van der Waals surface area contributed by atoms with Gasteiger partial charge in [0.2, 0.25) is 0 Å². The van der Waals surface area contributed by atoms with E-state index in [1.807, 2.05) is 0 Å². The molecule has 0 nitrogen and oxygen atoms in total. The third-order valence-corrected chi connectivity index (χ3v) is 8.86. The maximum atomic E-state index is 4.89. The van der Waals surface area contributed by atoms with Crippen molar-refractivity contribution in [2.45, 2.75) is 24.7 Å². The molecule has 0 radical (unpaired) electrons. The summed E-state index contributed by atoms with van der Waals surface area (Å²) < 4.78 is 0. The van der Waals surface area contributed by atoms with E-state index in [4.69, 9.17) is 6.58 Å². The van der Waals surface area contributed by atoms with Crippen LogP contribution in [0, 0.1) is 0 Å². The molecule has 1 atom stereocenters. The lowest BCUT2D eigenvalue weighted by molar-refractivity contribution is 0.625. The van der Waals surface area contributed by atoms with E-state index in [0.29, 0.717) is 0 Å². The summed E-state index contributed by atoms with van der Waals surface area (Å²) in [5.74, 6) is 0. The zero-order valence-corrected chi connectivity index (χ0v) is 23.8. The molecule has 5 aromatic rings. The largest absolute Gasteiger partial charge is 0.0946 e. The fourth-order valence-corrected chi connectivity index (χ4v) is 6.84. The van der Waals surface area contributed by atoms with Gasteiger partial charge in [-0.3, -0.25) is 0 Å². The minimum absolute atomic E-state index is 0.400. The lowest BCUT2D eigenvalue weighted by Gasteiger charge is -2.39. The van der Waals surface area contributed by atoms with Crippen molar-refractivity contribution in [3.63, 3.8) is 0 Å². The van der Waals surface area contributed by atoms with Crippen LogP contribution >= 0.6 is 0 Å². The molecule has 0 saturated carbocycles. The Balaban J connectivity index is 1.39. The first kappa shape index (κ1) is 26.0. The van der Waals surface area contributed by atoms with E-state index in [2.05, 4.69) is 158 Å². The monoisotopic (exact) mass is 538 g/mol. The molecule has 2 aliphatic rings. The molecule has 0 heteroatoms. The van der Waals surface area contributed by atoms with Crippen LogP contribution in [-0.4, -0.2) is 0 Å². The molecule has 42 heavy (non-hydrogen) atoms. The fourth-order valence-electron chi connectivity index (χ4n) is 6.84. The first-order valence-corrected chi connectivity index (χ1v) is 14.9. The Morgan fingerprint density at radius 3 is 2.29 bits per heavy atom. The van der Waals surface area contributed by atoms with Crippen LogP contribution in [0.5, 0.6) is 0 Å². The maximum Gasteiger partial charge on any atom is 0.0494 e. The van der Waals surface area contributed by atoms with Gasteiger partial charge < -0.3 is 0 Å². The zero-order valence-electron chi connectivity index (χ0n) is 23.8. The van der Waals surface area contributed by atoms with E-state index in [9.17, 15) is 0 Å². The molecule has 0 heterocycles. The first-order chi connectivity index (χ1) is 20.7. The highest BCUT2D eigenvalue weighted by Gasteiger charge is 2.40. The molecule has 0 saturated heterocycles. The van der Waals surface area contributed by atoms with Crippen molar-refractivity contribution in [2.75, 3.05) is 0 Å². The standard InChI is InChI=1S/C42H34/c1-31-29-33(30-32-22-24-35(25-23-32)34-14-4-2-5-15-34)13-12-19-38-27-26-36-16-7-9-20-39(36)41(38)42(31)28-11-3-6-17-37-18-8-10-21-40(37)42/h2-18,20-27,29H,1,19,28,30H2/b11-3-,13-12-,17-6-,33-29+. The first-order valence-electron chi connectivity index (χ1n) is 14.9. The van der Waals surface area contributed by atoms with Crippen molar-refractivity contribution in [2.24, 2.45) is 0 Å². The van der Waals surface area contributed by atoms with Gasteiger partial charge in [-0.25, -0.2) is 0 Å². The second kappa shape index (κ2) is 11.1. The van der Waals surface area contributed by atoms with Crippen LogP contribution in [0.4, 0.5) is 0 Å². The minimum atomic E-state index is -0.400. The molecule has 2 aliphatic carbocycles. The molecule has 202 valence electrons. The van der Waals surface area contributed by atoms with Crippen molar-refractivity contribution in [1.82, 2.24) is 0 Å². The summed E-state index contributed by atoms with van der Waals surface area (Å²) >= 11 is 0. The van der Waals surface area contributed by atoms with Gasteiger partial charge >= 0.3 is 0 Å². The SMILES string of the molecule is C=C1/C=C(Cc2ccc(-c3ccccc3)cc2)\C=C/Cc2ccc3ccccc3c2C12C/C=C\C=C/c1ccccc12. The van der Waals surface area contributed by atoms with E-state index in [1.165, 1.54) is 55.3 Å². The molecular formula is C42H34. The van der Waals surface area contributed by atoms with Crippen LogP contribution in [-0.2, 0) is 18.3 Å². The summed E-state index contributed by atoms with van der Waals surface area (Å²) in [4.78, 5) is 0. The fraction of sp³-hybridized carbons (Fsp3) is 0.0952. The van der Waals surface area contributed by atoms with Crippen LogP contribution in [0.3, 0.4) is 0 Å². The van der Waals surface area contributed by atoms with Crippen LogP contribution in [0.25, 0.3) is 28.0 Å². The molecule has 0 amide bonds. The summed E-state index contributed by atoms with van der Waals surface area (Å²) in [6, 6.07) is 42.0. The molecule has 7 rings (SSSR count). The Kier molecular flexibility index (Phi) is 6.90. The Morgan fingerprint density at radius 2 is 1.40 bits per heavy atom. The minimum Gasteiger partial charge on any atom is -0.0946 e. The van der Waals surface area contributed by atoms with Crippen molar-refractivity contribution in [3.05, 3.63) is 197 Å². The van der Waals surface area contributed by atoms with Gasteiger partial charge in [0.05, 0.1) is 0 Å². The maximum absolute atomic E-state index is 4.89. The number of allylic oxidation sites excluding steroid dienone is 8. The van der Waals surface area contributed by atoms with Gasteiger partial charge in [0.25, 0.3) is 0 Å². The second-order valence-electron chi connectivity index (χ2n) is 11.4. The van der Waals surface area contributed by atoms with Crippen LogP contribution < -0.4 is 0 Å². The molecule has 0 N–H and O–H groups in total. The molecular weight excluding hydrogens is 504 g/mol. The molecule has 0 bridgehead atoms. The highest BCUT2D eigenvalue weighted by atomic mass is 14.4. The van der Waals surface area contributed by atoms with E-state index < -0.39 is 5.41 Å². The van der Waals surface area contributed by atoms with E-state index in [-0.39, 0.29) is 0 Å². The van der Waals surface area contributed by atoms with Gasteiger partial charge in [-0.15, -0.1) is 0 Å². The van der Waals surface area contributed by atoms with Gasteiger partial charge in [-0.05, 0) is 80.1 Å². The average molecular weight is 539 g/mol. The molecule has 1 spiro atoms. The number of fused-ring (bicyclic) bond motifs is 6. The van der Waals surface area contributed by atoms with Crippen molar-refractivity contribution in [1.29, 1.82) is 0 Å². The van der Waals surface area contributed by atoms with E-state index in [0.717, 1.165) is 24.8 Å². The topological polar surface area (TPSA) is 0 Å². The predicted octanol–water partition coefficient (Wildman–Crippen LogP) is 10.6. The quantitative estimate of drug-likeness (QED) is 0.214. The number of hydrogen-bond acceptors (Lipinski definition) is 0. The molecule has 0 aliphatic heterocycles. The van der Waals surface area contributed by atoms with Crippen molar-refractivity contribution >= 4 is 16.8 Å². The zero-order chi connectivity index (χ0) is 28.4. The summed E-state index contributed by atoms with van der Waals surface area (Å²) in [6.45, 7) is 4.89. The van der Waals surface area contributed by atoms with Crippen LogP contribution in [0.1, 0.15) is 34.2 Å². The Hall–Kier alpha value is -4.94. The summed E-state index contributed by atoms with van der Waals surface area (Å²) in [5.41, 5.74) is 11.1. The predicted molar refractivity (Wildman–Crippen MR) is 180 cm³/mol. The Morgan fingerprint density at radius 1 is 0.643 bits per heavy atom. The number of hydrogen-bond donors (Lipinski definition) is 0. The smallest absolute Gasteiger partial charge is 0.0494 e. The summed E-state index contributed by atoms with van der Waals surface area (Å²) in [7, 11) is 0. The third kappa shape index (κ3) is 4.70. The van der Waals surface area contributed by atoms with Gasteiger partial charge in [0.15, 0.2) is 0 Å². The third-order valence-electron chi connectivity index (χ3n) is 8.86. The highest BCUT2D eigenvalue weighted by Crippen LogP contribution is 2.49.